The SMILES string of the molecule is N#Cc1cccc(S(=O)(=O)N[C@@H]2CCCSC2)c1. The number of hydrogen-bond acceptors (Lipinski definition) is 4. The third-order valence-electron chi connectivity index (χ3n) is 2.76. The topological polar surface area (TPSA) is 70.0 Å². The second-order valence-corrected chi connectivity index (χ2v) is 7.04. The number of sulfonamides is 1. The van der Waals surface area contributed by atoms with Gasteiger partial charge in [0.1, 0.15) is 0 Å². The molecular weight excluding hydrogens is 268 g/mol. The van der Waals surface area contributed by atoms with Gasteiger partial charge in [-0.15, -0.1) is 0 Å². The van der Waals surface area contributed by atoms with Gasteiger partial charge in [-0.25, -0.2) is 13.1 Å². The molecule has 2 rings (SSSR count). The second kappa shape index (κ2) is 5.74. The van der Waals surface area contributed by atoms with Gasteiger partial charge in [-0.2, -0.15) is 17.0 Å². The highest BCUT2D eigenvalue weighted by Crippen LogP contribution is 2.19. The van der Waals surface area contributed by atoms with Gasteiger partial charge >= 0.3 is 0 Å². The smallest absolute Gasteiger partial charge is 0.207 e. The largest absolute Gasteiger partial charge is 0.240 e. The Balaban J connectivity index is 2.17. The third kappa shape index (κ3) is 3.25. The first-order valence-corrected chi connectivity index (χ1v) is 8.36. The fourth-order valence-electron chi connectivity index (χ4n) is 1.85. The normalized spacial score (nSPS) is 20.3. The molecule has 0 unspecified atom stereocenters. The lowest BCUT2D eigenvalue weighted by Gasteiger charge is -2.22. The molecule has 1 aromatic carbocycles. The van der Waals surface area contributed by atoms with E-state index in [0.29, 0.717) is 5.56 Å². The fourth-order valence-corrected chi connectivity index (χ4v) is 4.35. The Morgan fingerprint density at radius 2 is 2.28 bits per heavy atom. The molecule has 4 nitrogen and oxygen atoms in total. The number of nitrogens with one attached hydrogen (secondary N) is 1. The van der Waals surface area contributed by atoms with Crippen LogP contribution < -0.4 is 4.72 Å². The lowest BCUT2D eigenvalue weighted by atomic mass is 10.2. The van der Waals surface area contributed by atoms with Crippen LogP contribution in [0, 0.1) is 11.3 Å². The Hall–Kier alpha value is -1.03. The minimum absolute atomic E-state index is 0.000471. The molecule has 1 fully saturated rings. The van der Waals surface area contributed by atoms with Gasteiger partial charge < -0.3 is 0 Å². The lowest BCUT2D eigenvalue weighted by molar-refractivity contribution is 0.543. The molecule has 1 aliphatic heterocycles. The number of thioether (sulfide) groups is 1. The van der Waals surface area contributed by atoms with Gasteiger partial charge in [-0.1, -0.05) is 6.07 Å². The zero-order valence-electron chi connectivity index (χ0n) is 9.80. The standard InChI is InChI=1S/C12H14N2O2S2/c13-8-10-3-1-5-12(7-10)18(15,16)14-11-4-2-6-17-9-11/h1,3,5,7,11,14H,2,4,6,9H2/t11-/m1/s1. The van der Waals surface area contributed by atoms with E-state index in [2.05, 4.69) is 4.72 Å². The van der Waals surface area contributed by atoms with E-state index in [-0.39, 0.29) is 10.9 Å². The van der Waals surface area contributed by atoms with E-state index in [0.717, 1.165) is 24.3 Å². The third-order valence-corrected chi connectivity index (χ3v) is 5.49. The summed E-state index contributed by atoms with van der Waals surface area (Å²) in [6.07, 6.45) is 1.92. The van der Waals surface area contributed by atoms with Crippen LogP contribution in [0.5, 0.6) is 0 Å². The molecule has 0 aliphatic carbocycles. The Labute approximate surface area is 111 Å². The van der Waals surface area contributed by atoms with Crippen molar-refractivity contribution in [2.75, 3.05) is 11.5 Å². The van der Waals surface area contributed by atoms with E-state index >= 15 is 0 Å². The van der Waals surface area contributed by atoms with E-state index < -0.39 is 10.0 Å². The number of benzene rings is 1. The highest BCUT2D eigenvalue weighted by molar-refractivity contribution is 7.99. The molecule has 0 amide bonds. The van der Waals surface area contributed by atoms with Crippen molar-refractivity contribution in [1.29, 1.82) is 5.26 Å². The van der Waals surface area contributed by atoms with Crippen molar-refractivity contribution in [2.24, 2.45) is 0 Å². The summed E-state index contributed by atoms with van der Waals surface area (Å²) in [5.41, 5.74) is 0.357. The van der Waals surface area contributed by atoms with Crippen LogP contribution in [0.15, 0.2) is 29.2 Å². The van der Waals surface area contributed by atoms with Gasteiger partial charge in [-0.3, -0.25) is 0 Å². The van der Waals surface area contributed by atoms with Crippen LogP contribution in [0.1, 0.15) is 18.4 Å². The molecule has 1 atom stereocenters. The van der Waals surface area contributed by atoms with Crippen LogP contribution in [-0.4, -0.2) is 26.0 Å². The molecule has 1 N–H and O–H groups in total. The predicted molar refractivity (Wildman–Crippen MR) is 71.8 cm³/mol. The molecule has 1 heterocycles. The number of nitrogens with zero attached hydrogens (tertiary/aromatic N) is 1. The maximum Gasteiger partial charge on any atom is 0.240 e. The summed E-state index contributed by atoms with van der Waals surface area (Å²) < 4.78 is 27.0. The van der Waals surface area contributed by atoms with Gasteiger partial charge in [0.15, 0.2) is 0 Å². The highest BCUT2D eigenvalue weighted by Gasteiger charge is 2.22. The molecule has 0 radical (unpaired) electrons. The van der Waals surface area contributed by atoms with E-state index in [1.165, 1.54) is 12.1 Å². The molecule has 0 spiro atoms. The van der Waals surface area contributed by atoms with Crippen LogP contribution in [0.25, 0.3) is 0 Å². The maximum absolute atomic E-state index is 12.1. The molecule has 6 heteroatoms. The number of nitriles is 1. The van der Waals surface area contributed by atoms with Crippen molar-refractivity contribution in [3.05, 3.63) is 29.8 Å². The molecule has 18 heavy (non-hydrogen) atoms. The van der Waals surface area contributed by atoms with E-state index in [1.54, 1.807) is 23.9 Å². The average Bonchev–Trinajstić information content (AvgIpc) is 2.39. The summed E-state index contributed by atoms with van der Waals surface area (Å²) >= 11 is 1.77. The van der Waals surface area contributed by atoms with E-state index in [1.807, 2.05) is 6.07 Å². The Kier molecular flexibility index (Phi) is 4.27. The van der Waals surface area contributed by atoms with Gasteiger partial charge in [-0.05, 0) is 36.8 Å². The molecule has 0 saturated carbocycles. The zero-order chi connectivity index (χ0) is 13.0. The van der Waals surface area contributed by atoms with Crippen molar-refractivity contribution in [3.8, 4) is 6.07 Å². The summed E-state index contributed by atoms with van der Waals surface area (Å²) in [6, 6.07) is 8.04. The summed E-state index contributed by atoms with van der Waals surface area (Å²) in [5, 5.41) is 8.78. The van der Waals surface area contributed by atoms with Crippen LogP contribution in [0.4, 0.5) is 0 Å². The van der Waals surface area contributed by atoms with E-state index in [4.69, 9.17) is 5.26 Å². The molecule has 1 aliphatic rings. The van der Waals surface area contributed by atoms with Crippen molar-refractivity contribution in [2.45, 2.75) is 23.8 Å². The van der Waals surface area contributed by atoms with Crippen LogP contribution in [0.2, 0.25) is 0 Å². The van der Waals surface area contributed by atoms with Gasteiger partial charge in [0.05, 0.1) is 16.5 Å². The minimum Gasteiger partial charge on any atom is -0.207 e. The predicted octanol–water partition coefficient (Wildman–Crippen LogP) is 1.73. The zero-order valence-corrected chi connectivity index (χ0v) is 11.4. The Bertz CT molecular complexity index is 558. The quantitative estimate of drug-likeness (QED) is 0.916. The van der Waals surface area contributed by atoms with E-state index in [9.17, 15) is 8.42 Å². The van der Waals surface area contributed by atoms with Crippen molar-refractivity contribution in [3.63, 3.8) is 0 Å². The van der Waals surface area contributed by atoms with Gasteiger partial charge in [0.2, 0.25) is 10.0 Å². The summed E-state index contributed by atoms with van der Waals surface area (Å²) in [6.45, 7) is 0. The Morgan fingerprint density at radius 3 is 2.94 bits per heavy atom. The van der Waals surface area contributed by atoms with Gasteiger partial charge in [0.25, 0.3) is 0 Å². The first-order chi connectivity index (χ1) is 8.62. The first kappa shape index (κ1) is 13.4. The summed E-state index contributed by atoms with van der Waals surface area (Å²) in [5.74, 6) is 1.92. The summed E-state index contributed by atoms with van der Waals surface area (Å²) in [7, 11) is -3.51. The number of hydrogen-bond donors (Lipinski definition) is 1. The van der Waals surface area contributed by atoms with Crippen molar-refractivity contribution in [1.82, 2.24) is 4.72 Å². The molecule has 1 aromatic rings. The average molecular weight is 282 g/mol. The highest BCUT2D eigenvalue weighted by atomic mass is 32.2. The van der Waals surface area contributed by atoms with Crippen LogP contribution >= 0.6 is 11.8 Å². The second-order valence-electron chi connectivity index (χ2n) is 4.17. The monoisotopic (exact) mass is 282 g/mol. The molecule has 1 saturated heterocycles. The summed E-state index contributed by atoms with van der Waals surface area (Å²) in [4.78, 5) is 0.164. The lowest BCUT2D eigenvalue weighted by Crippen LogP contribution is -2.38. The molecular formula is C12H14N2O2S2. The molecule has 96 valence electrons. The first-order valence-electron chi connectivity index (χ1n) is 5.72. The fraction of sp³-hybridized carbons (Fsp3) is 0.417. The molecule has 0 bridgehead atoms. The number of rotatable bonds is 3. The van der Waals surface area contributed by atoms with Crippen LogP contribution in [0.3, 0.4) is 0 Å². The molecule has 0 aromatic heterocycles. The van der Waals surface area contributed by atoms with Crippen LogP contribution in [-0.2, 0) is 10.0 Å². The maximum atomic E-state index is 12.1. The Morgan fingerprint density at radius 1 is 1.44 bits per heavy atom. The van der Waals surface area contributed by atoms with Gasteiger partial charge in [0, 0.05) is 11.8 Å². The minimum atomic E-state index is -3.51. The van der Waals surface area contributed by atoms with Crippen molar-refractivity contribution < 1.29 is 8.42 Å². The van der Waals surface area contributed by atoms with Crippen molar-refractivity contribution >= 4 is 21.8 Å².